The van der Waals surface area contributed by atoms with Crippen LogP contribution < -0.4 is 10.2 Å². The van der Waals surface area contributed by atoms with Gasteiger partial charge in [0.15, 0.2) is 0 Å². The van der Waals surface area contributed by atoms with Crippen molar-refractivity contribution in [2.24, 2.45) is 0 Å². The number of likely N-dealkylation sites (N-methyl/N-ethyl adjacent to an activating group) is 2. The van der Waals surface area contributed by atoms with Crippen molar-refractivity contribution in [3.63, 3.8) is 0 Å². The average Bonchev–Trinajstić information content (AvgIpc) is 2.41. The van der Waals surface area contributed by atoms with Crippen molar-refractivity contribution in [1.82, 2.24) is 15.2 Å². The number of pyridine rings is 1. The van der Waals surface area contributed by atoms with Gasteiger partial charge in [0.1, 0.15) is 5.82 Å². The summed E-state index contributed by atoms with van der Waals surface area (Å²) in [6, 6.07) is 2.75. The fourth-order valence-corrected chi connectivity index (χ4v) is 3.16. The molecule has 0 aromatic carbocycles. The maximum atomic E-state index is 4.82. The standard InChI is InChI=1S/C16H28N4/c1-12-9-13(2)18-16(15(12)10-17-3)20(5)14-7-6-8-19(4)11-14/h9,14,17H,6-8,10-11H2,1-5H3. The number of piperidine rings is 1. The Morgan fingerprint density at radius 1 is 1.45 bits per heavy atom. The van der Waals surface area contributed by atoms with E-state index in [1.165, 1.54) is 30.5 Å². The SMILES string of the molecule is CNCc1c(C)cc(C)nc1N(C)C1CCCN(C)C1. The highest BCUT2D eigenvalue weighted by atomic mass is 15.2. The van der Waals surface area contributed by atoms with Crippen LogP contribution in [0.5, 0.6) is 0 Å². The molecule has 1 saturated heterocycles. The van der Waals surface area contributed by atoms with Crippen molar-refractivity contribution in [2.45, 2.75) is 39.3 Å². The molecule has 0 aliphatic carbocycles. The first-order valence-corrected chi connectivity index (χ1v) is 7.56. The van der Waals surface area contributed by atoms with E-state index in [0.29, 0.717) is 6.04 Å². The number of aromatic nitrogens is 1. The average molecular weight is 276 g/mol. The van der Waals surface area contributed by atoms with Gasteiger partial charge in [0.25, 0.3) is 0 Å². The monoisotopic (exact) mass is 276 g/mol. The van der Waals surface area contributed by atoms with Crippen LogP contribution in [0.3, 0.4) is 0 Å². The molecule has 2 rings (SSSR count). The third kappa shape index (κ3) is 3.30. The Morgan fingerprint density at radius 2 is 2.20 bits per heavy atom. The molecule has 0 amide bonds. The molecule has 112 valence electrons. The zero-order valence-electron chi connectivity index (χ0n) is 13.5. The van der Waals surface area contributed by atoms with Gasteiger partial charge in [0, 0.05) is 37.4 Å². The van der Waals surface area contributed by atoms with Gasteiger partial charge in [-0.3, -0.25) is 0 Å². The van der Waals surface area contributed by atoms with Crippen LogP contribution in [0.15, 0.2) is 6.07 Å². The second kappa shape index (κ2) is 6.55. The number of anilines is 1. The van der Waals surface area contributed by atoms with Crippen molar-refractivity contribution in [2.75, 3.05) is 39.1 Å². The quantitative estimate of drug-likeness (QED) is 0.911. The number of nitrogens with zero attached hydrogens (tertiary/aromatic N) is 3. The third-order valence-corrected chi connectivity index (χ3v) is 4.29. The molecular weight excluding hydrogens is 248 g/mol. The van der Waals surface area contributed by atoms with Gasteiger partial charge in [0.2, 0.25) is 0 Å². The number of likely N-dealkylation sites (tertiary alicyclic amines) is 1. The molecule has 4 heteroatoms. The lowest BCUT2D eigenvalue weighted by molar-refractivity contribution is 0.247. The van der Waals surface area contributed by atoms with E-state index in [1.54, 1.807) is 0 Å². The molecule has 0 radical (unpaired) electrons. The van der Waals surface area contributed by atoms with E-state index < -0.39 is 0 Å². The molecule has 0 bridgehead atoms. The number of aryl methyl sites for hydroxylation is 2. The summed E-state index contributed by atoms with van der Waals surface area (Å²) in [5, 5.41) is 3.27. The lowest BCUT2D eigenvalue weighted by Crippen LogP contribution is -2.45. The van der Waals surface area contributed by atoms with Gasteiger partial charge in [-0.2, -0.15) is 0 Å². The summed E-state index contributed by atoms with van der Waals surface area (Å²) in [6.45, 7) is 7.49. The van der Waals surface area contributed by atoms with Crippen molar-refractivity contribution >= 4 is 5.82 Å². The Labute approximate surface area is 123 Å². The maximum absolute atomic E-state index is 4.82. The molecule has 4 nitrogen and oxygen atoms in total. The number of nitrogens with one attached hydrogen (secondary N) is 1. The zero-order chi connectivity index (χ0) is 14.7. The Kier molecular flexibility index (Phi) is 5.00. The summed E-state index contributed by atoms with van der Waals surface area (Å²) in [5.74, 6) is 1.15. The molecule has 1 aromatic heterocycles. The largest absolute Gasteiger partial charge is 0.355 e. The molecule has 1 aromatic rings. The van der Waals surface area contributed by atoms with Crippen LogP contribution in [0.2, 0.25) is 0 Å². The van der Waals surface area contributed by atoms with E-state index >= 15 is 0 Å². The molecule has 1 unspecified atom stereocenters. The van der Waals surface area contributed by atoms with E-state index in [1.807, 2.05) is 7.05 Å². The van der Waals surface area contributed by atoms with Gasteiger partial charge in [-0.05, 0) is 59.0 Å². The lowest BCUT2D eigenvalue weighted by atomic mass is 10.0. The molecule has 1 atom stereocenters. The summed E-state index contributed by atoms with van der Waals surface area (Å²) < 4.78 is 0. The van der Waals surface area contributed by atoms with E-state index in [9.17, 15) is 0 Å². The van der Waals surface area contributed by atoms with E-state index in [0.717, 1.165) is 24.6 Å². The molecule has 2 heterocycles. The van der Waals surface area contributed by atoms with E-state index in [-0.39, 0.29) is 0 Å². The predicted octanol–water partition coefficient (Wildman–Crippen LogP) is 1.95. The third-order valence-electron chi connectivity index (χ3n) is 4.29. The normalized spacial score (nSPS) is 20.1. The van der Waals surface area contributed by atoms with Crippen LogP contribution in [0, 0.1) is 13.8 Å². The van der Waals surface area contributed by atoms with Crippen molar-refractivity contribution in [1.29, 1.82) is 0 Å². The lowest BCUT2D eigenvalue weighted by Gasteiger charge is -2.37. The predicted molar refractivity (Wildman–Crippen MR) is 85.4 cm³/mol. The molecule has 1 aliphatic rings. The Morgan fingerprint density at radius 3 is 2.85 bits per heavy atom. The van der Waals surface area contributed by atoms with Crippen LogP contribution in [0.25, 0.3) is 0 Å². The second-order valence-electron chi connectivity index (χ2n) is 6.08. The van der Waals surface area contributed by atoms with Crippen molar-refractivity contribution in [3.05, 3.63) is 22.9 Å². The minimum absolute atomic E-state index is 0.568. The Bertz CT molecular complexity index is 458. The van der Waals surface area contributed by atoms with Crippen molar-refractivity contribution < 1.29 is 0 Å². The topological polar surface area (TPSA) is 31.4 Å². The minimum Gasteiger partial charge on any atom is -0.355 e. The molecule has 1 N–H and O–H groups in total. The highest BCUT2D eigenvalue weighted by molar-refractivity contribution is 5.52. The molecule has 0 spiro atoms. The Balaban J connectivity index is 2.29. The van der Waals surface area contributed by atoms with E-state index in [4.69, 9.17) is 4.98 Å². The van der Waals surface area contributed by atoms with Crippen LogP contribution in [0.1, 0.15) is 29.7 Å². The number of rotatable bonds is 4. The number of hydrogen-bond acceptors (Lipinski definition) is 4. The summed E-state index contributed by atoms with van der Waals surface area (Å²) >= 11 is 0. The van der Waals surface area contributed by atoms with Crippen LogP contribution in [-0.4, -0.2) is 50.2 Å². The van der Waals surface area contributed by atoms with Crippen molar-refractivity contribution in [3.8, 4) is 0 Å². The fourth-order valence-electron chi connectivity index (χ4n) is 3.16. The number of hydrogen-bond donors (Lipinski definition) is 1. The molecule has 1 aliphatic heterocycles. The highest BCUT2D eigenvalue weighted by Crippen LogP contribution is 2.26. The highest BCUT2D eigenvalue weighted by Gasteiger charge is 2.24. The van der Waals surface area contributed by atoms with Gasteiger partial charge >= 0.3 is 0 Å². The minimum atomic E-state index is 0.568. The smallest absolute Gasteiger partial charge is 0.133 e. The van der Waals surface area contributed by atoms with Gasteiger partial charge in [-0.1, -0.05) is 0 Å². The zero-order valence-corrected chi connectivity index (χ0v) is 13.5. The first-order chi connectivity index (χ1) is 9.52. The fraction of sp³-hybridized carbons (Fsp3) is 0.688. The molecular formula is C16H28N4. The summed E-state index contributed by atoms with van der Waals surface area (Å²) in [4.78, 5) is 9.63. The first kappa shape index (κ1) is 15.3. The summed E-state index contributed by atoms with van der Waals surface area (Å²) in [5.41, 5.74) is 3.76. The maximum Gasteiger partial charge on any atom is 0.133 e. The molecule has 1 fully saturated rings. The van der Waals surface area contributed by atoms with E-state index in [2.05, 4.69) is 49.1 Å². The van der Waals surface area contributed by atoms with Gasteiger partial charge in [0.05, 0.1) is 0 Å². The van der Waals surface area contributed by atoms with Gasteiger partial charge in [-0.25, -0.2) is 4.98 Å². The van der Waals surface area contributed by atoms with Crippen LogP contribution in [0.4, 0.5) is 5.82 Å². The van der Waals surface area contributed by atoms with Gasteiger partial charge < -0.3 is 15.1 Å². The van der Waals surface area contributed by atoms with Crippen LogP contribution in [-0.2, 0) is 6.54 Å². The first-order valence-electron chi connectivity index (χ1n) is 7.56. The summed E-state index contributed by atoms with van der Waals surface area (Å²) in [7, 11) is 6.41. The molecule has 20 heavy (non-hydrogen) atoms. The summed E-state index contributed by atoms with van der Waals surface area (Å²) in [6.07, 6.45) is 2.53. The van der Waals surface area contributed by atoms with Crippen LogP contribution >= 0.6 is 0 Å². The molecule has 0 saturated carbocycles. The Hall–Kier alpha value is -1.13. The second-order valence-corrected chi connectivity index (χ2v) is 6.08. The van der Waals surface area contributed by atoms with Gasteiger partial charge in [-0.15, -0.1) is 0 Å².